The number of nitrogens with one attached hydrogen (secondary N) is 2. The summed E-state index contributed by atoms with van der Waals surface area (Å²) < 4.78 is 6.06. The van der Waals surface area contributed by atoms with Gasteiger partial charge < -0.3 is 15.4 Å². The topological polar surface area (TPSA) is 67.4 Å². The third-order valence-corrected chi connectivity index (χ3v) is 5.32. The van der Waals surface area contributed by atoms with E-state index in [0.29, 0.717) is 22.6 Å². The van der Waals surface area contributed by atoms with Crippen molar-refractivity contribution in [1.29, 1.82) is 0 Å². The molecule has 148 valence electrons. The minimum atomic E-state index is -0.290. The third-order valence-electron chi connectivity index (χ3n) is 4.48. The van der Waals surface area contributed by atoms with Gasteiger partial charge in [-0.3, -0.25) is 9.59 Å². The molecule has 0 aliphatic rings. The normalized spacial score (nSPS) is 11.4. The van der Waals surface area contributed by atoms with E-state index in [2.05, 4.69) is 33.2 Å². The van der Waals surface area contributed by atoms with Gasteiger partial charge in [0.25, 0.3) is 11.8 Å². The van der Waals surface area contributed by atoms with Crippen LogP contribution in [0.15, 0.2) is 72.8 Å². The van der Waals surface area contributed by atoms with Crippen LogP contribution >= 0.6 is 22.6 Å². The van der Waals surface area contributed by atoms with Gasteiger partial charge in [-0.1, -0.05) is 42.5 Å². The van der Waals surface area contributed by atoms with E-state index >= 15 is 0 Å². The zero-order chi connectivity index (χ0) is 20.8. The Bertz CT molecular complexity index is 1020. The van der Waals surface area contributed by atoms with E-state index < -0.39 is 0 Å². The average Bonchev–Trinajstić information content (AvgIpc) is 2.74. The van der Waals surface area contributed by atoms with E-state index in [4.69, 9.17) is 4.74 Å². The van der Waals surface area contributed by atoms with Crippen molar-refractivity contribution in [2.24, 2.45) is 0 Å². The van der Waals surface area contributed by atoms with Crippen molar-refractivity contribution in [3.05, 3.63) is 93.1 Å². The van der Waals surface area contributed by atoms with Crippen LogP contribution in [0, 0.1) is 3.57 Å². The minimum Gasteiger partial charge on any atom is -0.496 e. The zero-order valence-electron chi connectivity index (χ0n) is 16.1. The first-order chi connectivity index (χ1) is 14.0. The Balaban J connectivity index is 1.77. The van der Waals surface area contributed by atoms with Gasteiger partial charge in [-0.15, -0.1) is 0 Å². The highest BCUT2D eigenvalue weighted by Gasteiger charge is 2.17. The number of methoxy groups -OCH3 is 1. The lowest BCUT2D eigenvalue weighted by molar-refractivity contribution is 0.0941. The van der Waals surface area contributed by atoms with Crippen molar-refractivity contribution in [2.75, 3.05) is 12.4 Å². The highest BCUT2D eigenvalue weighted by atomic mass is 127. The Morgan fingerprint density at radius 2 is 1.62 bits per heavy atom. The first kappa shape index (κ1) is 20.9. The van der Waals surface area contributed by atoms with Crippen LogP contribution in [-0.4, -0.2) is 18.9 Å². The number of carbonyl (C=O) groups is 2. The number of halogens is 1. The molecule has 2 N–H and O–H groups in total. The van der Waals surface area contributed by atoms with Crippen LogP contribution in [-0.2, 0) is 0 Å². The van der Waals surface area contributed by atoms with Crippen LogP contribution in [0.4, 0.5) is 5.69 Å². The lowest BCUT2D eigenvalue weighted by Crippen LogP contribution is -2.28. The summed E-state index contributed by atoms with van der Waals surface area (Å²) in [6.45, 7) is 1.92. The highest BCUT2D eigenvalue weighted by Crippen LogP contribution is 2.23. The molecule has 0 radical (unpaired) electrons. The maximum absolute atomic E-state index is 12.8. The predicted molar refractivity (Wildman–Crippen MR) is 122 cm³/mol. The molecule has 1 unspecified atom stereocenters. The zero-order valence-corrected chi connectivity index (χ0v) is 18.3. The Hall–Kier alpha value is -2.87. The SMILES string of the molecule is COc1ccc(C(=O)Nc2ccccc2C(=O)NC(C)c2ccccc2)cc1I. The largest absolute Gasteiger partial charge is 0.496 e. The lowest BCUT2D eigenvalue weighted by atomic mass is 10.1. The summed E-state index contributed by atoms with van der Waals surface area (Å²) in [6, 6.07) is 21.7. The molecule has 2 amide bonds. The summed E-state index contributed by atoms with van der Waals surface area (Å²) >= 11 is 2.12. The summed E-state index contributed by atoms with van der Waals surface area (Å²) in [5.74, 6) is 0.167. The quantitative estimate of drug-likeness (QED) is 0.466. The van der Waals surface area contributed by atoms with Crippen LogP contribution in [0.1, 0.15) is 39.2 Å². The number of hydrogen-bond acceptors (Lipinski definition) is 3. The average molecular weight is 500 g/mol. The van der Waals surface area contributed by atoms with Crippen LogP contribution in [0.25, 0.3) is 0 Å². The smallest absolute Gasteiger partial charge is 0.255 e. The van der Waals surface area contributed by atoms with Gasteiger partial charge in [-0.25, -0.2) is 0 Å². The van der Waals surface area contributed by atoms with Gasteiger partial charge >= 0.3 is 0 Å². The van der Waals surface area contributed by atoms with Gasteiger partial charge in [0.05, 0.1) is 28.0 Å². The number of rotatable bonds is 6. The fourth-order valence-corrected chi connectivity index (χ4v) is 3.63. The first-order valence-electron chi connectivity index (χ1n) is 9.09. The van der Waals surface area contributed by atoms with Gasteiger partial charge in [0, 0.05) is 5.56 Å². The van der Waals surface area contributed by atoms with Crippen LogP contribution in [0.2, 0.25) is 0 Å². The maximum atomic E-state index is 12.8. The first-order valence-corrected chi connectivity index (χ1v) is 10.2. The molecule has 0 aliphatic heterocycles. The lowest BCUT2D eigenvalue weighted by Gasteiger charge is -2.16. The summed E-state index contributed by atoms with van der Waals surface area (Å²) in [7, 11) is 1.59. The molecule has 0 saturated heterocycles. The number of benzene rings is 3. The molecule has 0 aliphatic carbocycles. The molecule has 0 aromatic heterocycles. The van der Waals surface area contributed by atoms with Gasteiger partial charge in [0.1, 0.15) is 5.75 Å². The van der Waals surface area contributed by atoms with Gasteiger partial charge in [0.2, 0.25) is 0 Å². The molecular formula is C23H21IN2O3. The minimum absolute atomic E-state index is 0.157. The van der Waals surface area contributed by atoms with Crippen LogP contribution in [0.5, 0.6) is 5.75 Å². The fourth-order valence-electron chi connectivity index (χ4n) is 2.89. The number of amides is 2. The molecule has 5 nitrogen and oxygen atoms in total. The van der Waals surface area contributed by atoms with Crippen LogP contribution < -0.4 is 15.4 Å². The molecule has 3 rings (SSSR count). The Morgan fingerprint density at radius 1 is 0.931 bits per heavy atom. The van der Waals surface area contributed by atoms with Gasteiger partial charge in [-0.2, -0.15) is 0 Å². The maximum Gasteiger partial charge on any atom is 0.255 e. The van der Waals surface area contributed by atoms with Crippen molar-refractivity contribution in [2.45, 2.75) is 13.0 Å². The van der Waals surface area contributed by atoms with Crippen molar-refractivity contribution < 1.29 is 14.3 Å². The molecule has 0 heterocycles. The number of anilines is 1. The summed E-state index contributed by atoms with van der Waals surface area (Å²) in [4.78, 5) is 25.5. The number of para-hydroxylation sites is 1. The van der Waals surface area contributed by atoms with Crippen molar-refractivity contribution in [3.8, 4) is 5.75 Å². The highest BCUT2D eigenvalue weighted by molar-refractivity contribution is 14.1. The predicted octanol–water partition coefficient (Wildman–Crippen LogP) is 5.04. The molecule has 29 heavy (non-hydrogen) atoms. The van der Waals surface area contributed by atoms with E-state index in [1.54, 1.807) is 49.6 Å². The molecule has 0 spiro atoms. The van der Waals surface area contributed by atoms with E-state index in [-0.39, 0.29) is 17.9 Å². The summed E-state index contributed by atoms with van der Waals surface area (Å²) in [5.41, 5.74) is 2.37. The van der Waals surface area contributed by atoms with E-state index in [1.807, 2.05) is 37.3 Å². The number of hydrogen-bond donors (Lipinski definition) is 2. The number of carbonyl (C=O) groups excluding carboxylic acids is 2. The summed E-state index contributed by atoms with van der Waals surface area (Å²) in [6.07, 6.45) is 0. The second-order valence-electron chi connectivity index (χ2n) is 6.45. The Kier molecular flexibility index (Phi) is 6.87. The van der Waals surface area contributed by atoms with E-state index in [9.17, 15) is 9.59 Å². The standard InChI is InChI=1S/C23H21IN2O3/c1-15(16-8-4-3-5-9-16)25-23(28)18-10-6-7-11-20(18)26-22(27)17-12-13-21(29-2)19(24)14-17/h3-15H,1-2H3,(H,25,28)(H,26,27). The van der Waals surface area contributed by atoms with Crippen molar-refractivity contribution in [1.82, 2.24) is 5.32 Å². The molecule has 1 atom stereocenters. The molecule has 3 aromatic rings. The van der Waals surface area contributed by atoms with E-state index in [0.717, 1.165) is 9.13 Å². The molecule has 0 saturated carbocycles. The monoisotopic (exact) mass is 500 g/mol. The second kappa shape index (κ2) is 9.56. The molecule has 6 heteroatoms. The molecule has 0 bridgehead atoms. The summed E-state index contributed by atoms with van der Waals surface area (Å²) in [5, 5.41) is 5.82. The van der Waals surface area contributed by atoms with Crippen molar-refractivity contribution >= 4 is 40.1 Å². The number of ether oxygens (including phenoxy) is 1. The second-order valence-corrected chi connectivity index (χ2v) is 7.62. The van der Waals surface area contributed by atoms with Crippen molar-refractivity contribution in [3.63, 3.8) is 0 Å². The Labute approximate surface area is 183 Å². The molecular weight excluding hydrogens is 479 g/mol. The fraction of sp³-hybridized carbons (Fsp3) is 0.130. The van der Waals surface area contributed by atoms with Gasteiger partial charge in [-0.05, 0) is 65.4 Å². The molecule has 3 aromatic carbocycles. The molecule has 0 fully saturated rings. The Morgan fingerprint density at radius 3 is 2.31 bits per heavy atom. The van der Waals surface area contributed by atoms with Crippen LogP contribution in [0.3, 0.4) is 0 Å². The van der Waals surface area contributed by atoms with Gasteiger partial charge in [0.15, 0.2) is 0 Å². The van der Waals surface area contributed by atoms with E-state index in [1.165, 1.54) is 0 Å². The third kappa shape index (κ3) is 5.14.